The Bertz CT molecular complexity index is 939. The molecule has 28 heavy (non-hydrogen) atoms. The first-order valence-corrected chi connectivity index (χ1v) is 7.87. The summed E-state index contributed by atoms with van der Waals surface area (Å²) in [6, 6.07) is 10.1. The maximum Gasteiger partial charge on any atom is 0.347 e. The quantitative estimate of drug-likeness (QED) is 0.439. The zero-order valence-corrected chi connectivity index (χ0v) is 14.5. The van der Waals surface area contributed by atoms with Crippen LogP contribution in [0.3, 0.4) is 0 Å². The van der Waals surface area contributed by atoms with Crippen molar-refractivity contribution in [2.45, 2.75) is 13.0 Å². The fourth-order valence-electron chi connectivity index (χ4n) is 2.05. The van der Waals surface area contributed by atoms with E-state index >= 15 is 0 Å². The zero-order chi connectivity index (χ0) is 20.7. The number of nitriles is 1. The van der Waals surface area contributed by atoms with E-state index < -0.39 is 35.3 Å². The van der Waals surface area contributed by atoms with Crippen LogP contribution in [0.4, 0.5) is 15.8 Å². The molecule has 1 N–H and O–H groups in total. The molecule has 2 rings (SSSR count). The molecule has 0 bridgehead atoms. The number of anilines is 1. The average Bonchev–Trinajstić information content (AvgIpc) is 2.67. The first-order chi connectivity index (χ1) is 13.3. The number of benzene rings is 2. The van der Waals surface area contributed by atoms with Gasteiger partial charge >= 0.3 is 5.97 Å². The van der Waals surface area contributed by atoms with Gasteiger partial charge in [-0.3, -0.25) is 14.9 Å². The second-order valence-corrected chi connectivity index (χ2v) is 5.47. The number of amides is 1. The molecule has 0 saturated heterocycles. The summed E-state index contributed by atoms with van der Waals surface area (Å²) >= 11 is 0. The summed E-state index contributed by atoms with van der Waals surface area (Å²) in [4.78, 5) is 33.8. The number of esters is 1. The second kappa shape index (κ2) is 9.09. The highest BCUT2D eigenvalue weighted by Gasteiger charge is 2.19. The molecule has 0 aliphatic carbocycles. The molecule has 0 aliphatic rings. The fraction of sp³-hybridized carbons (Fsp3) is 0.167. The first-order valence-electron chi connectivity index (χ1n) is 7.87. The van der Waals surface area contributed by atoms with Gasteiger partial charge in [0.15, 0.2) is 12.7 Å². The minimum atomic E-state index is -1.05. The molecular formula is C18H14FN3O6. The summed E-state index contributed by atoms with van der Waals surface area (Å²) in [5, 5.41) is 22.1. The molecule has 0 fully saturated rings. The van der Waals surface area contributed by atoms with Crippen LogP contribution >= 0.6 is 0 Å². The van der Waals surface area contributed by atoms with Crippen molar-refractivity contribution >= 4 is 23.3 Å². The SMILES string of the molecule is C[C@@H](Oc1ccc(F)cc1)C(=O)OCC(=O)Nc1ccc([N+](=O)[O-])cc1C#N. The summed E-state index contributed by atoms with van der Waals surface area (Å²) in [6.07, 6.45) is -1.05. The lowest BCUT2D eigenvalue weighted by Gasteiger charge is -2.14. The van der Waals surface area contributed by atoms with Crippen LogP contribution in [0.1, 0.15) is 12.5 Å². The van der Waals surface area contributed by atoms with Gasteiger partial charge in [0, 0.05) is 12.1 Å². The van der Waals surface area contributed by atoms with E-state index in [9.17, 15) is 24.1 Å². The molecule has 0 heterocycles. The van der Waals surface area contributed by atoms with E-state index in [-0.39, 0.29) is 22.7 Å². The number of rotatable bonds is 7. The van der Waals surface area contributed by atoms with E-state index in [1.54, 1.807) is 6.07 Å². The van der Waals surface area contributed by atoms with E-state index in [2.05, 4.69) is 5.32 Å². The molecule has 2 aromatic rings. The number of ether oxygens (including phenoxy) is 2. The molecule has 0 radical (unpaired) electrons. The standard InChI is InChI=1S/C18H14FN3O6/c1-11(28-15-5-2-13(19)3-6-15)18(24)27-10-17(23)21-16-7-4-14(22(25)26)8-12(16)9-20/h2-8,11H,10H2,1H3,(H,21,23)/t11-/m1/s1. The predicted molar refractivity (Wildman–Crippen MR) is 93.9 cm³/mol. The van der Waals surface area contributed by atoms with Crippen LogP contribution in [0.25, 0.3) is 0 Å². The van der Waals surface area contributed by atoms with E-state index in [0.29, 0.717) is 0 Å². The number of halogens is 1. The number of nitrogens with zero attached hydrogens (tertiary/aromatic N) is 2. The van der Waals surface area contributed by atoms with Crippen molar-refractivity contribution in [2.24, 2.45) is 0 Å². The predicted octanol–water partition coefficient (Wildman–Crippen LogP) is 2.55. The Morgan fingerprint density at radius 3 is 2.57 bits per heavy atom. The number of carbonyl (C=O) groups excluding carboxylic acids is 2. The summed E-state index contributed by atoms with van der Waals surface area (Å²) in [6.45, 7) is 0.742. The van der Waals surface area contributed by atoms with Crippen LogP contribution in [0, 0.1) is 27.3 Å². The Kier molecular flexibility index (Phi) is 6.59. The van der Waals surface area contributed by atoms with Crippen molar-refractivity contribution in [3.8, 4) is 11.8 Å². The molecule has 0 spiro atoms. The molecule has 0 aliphatic heterocycles. The van der Waals surface area contributed by atoms with E-state index in [4.69, 9.17) is 14.7 Å². The maximum absolute atomic E-state index is 12.8. The van der Waals surface area contributed by atoms with Crippen molar-refractivity contribution in [1.82, 2.24) is 0 Å². The lowest BCUT2D eigenvalue weighted by Crippen LogP contribution is -2.29. The second-order valence-electron chi connectivity index (χ2n) is 5.47. The normalized spacial score (nSPS) is 11.0. The van der Waals surface area contributed by atoms with Gasteiger partial charge in [0.2, 0.25) is 0 Å². The molecule has 2 aromatic carbocycles. The lowest BCUT2D eigenvalue weighted by molar-refractivity contribution is -0.384. The Balaban J connectivity index is 1.89. The van der Waals surface area contributed by atoms with Crippen molar-refractivity contribution in [1.29, 1.82) is 5.26 Å². The Morgan fingerprint density at radius 2 is 1.96 bits per heavy atom. The van der Waals surface area contributed by atoms with Crippen LogP contribution in [0.15, 0.2) is 42.5 Å². The molecule has 0 saturated carbocycles. The number of nitro groups is 1. The number of nitrogens with one attached hydrogen (secondary N) is 1. The highest BCUT2D eigenvalue weighted by molar-refractivity contribution is 5.94. The van der Waals surface area contributed by atoms with Crippen LogP contribution < -0.4 is 10.1 Å². The fourth-order valence-corrected chi connectivity index (χ4v) is 2.05. The van der Waals surface area contributed by atoms with Crippen molar-refractivity contribution in [3.05, 3.63) is 64.0 Å². The Morgan fingerprint density at radius 1 is 1.29 bits per heavy atom. The van der Waals surface area contributed by atoms with Crippen LogP contribution in [-0.2, 0) is 14.3 Å². The lowest BCUT2D eigenvalue weighted by atomic mass is 10.1. The summed E-state index contributed by atoms with van der Waals surface area (Å²) < 4.78 is 22.9. The summed E-state index contributed by atoms with van der Waals surface area (Å²) in [7, 11) is 0. The van der Waals surface area contributed by atoms with Crippen molar-refractivity contribution in [2.75, 3.05) is 11.9 Å². The minimum absolute atomic E-state index is 0.0461. The van der Waals surface area contributed by atoms with E-state index in [0.717, 1.165) is 24.3 Å². The van der Waals surface area contributed by atoms with Crippen LogP contribution in [0.2, 0.25) is 0 Å². The van der Waals surface area contributed by atoms with Gasteiger partial charge in [0.25, 0.3) is 11.6 Å². The molecule has 144 valence electrons. The van der Waals surface area contributed by atoms with Crippen molar-refractivity contribution < 1.29 is 28.4 Å². The number of hydrogen-bond donors (Lipinski definition) is 1. The molecule has 0 unspecified atom stereocenters. The molecular weight excluding hydrogens is 373 g/mol. The monoisotopic (exact) mass is 387 g/mol. The molecule has 1 amide bonds. The van der Waals surface area contributed by atoms with Gasteiger partial charge in [0.1, 0.15) is 17.6 Å². The number of carbonyl (C=O) groups is 2. The number of non-ortho nitro benzene ring substituents is 1. The van der Waals surface area contributed by atoms with Gasteiger partial charge in [-0.1, -0.05) is 0 Å². The maximum atomic E-state index is 12.8. The number of nitro benzene ring substituents is 1. The zero-order valence-electron chi connectivity index (χ0n) is 14.5. The summed E-state index contributed by atoms with van der Waals surface area (Å²) in [5.74, 6) is -1.78. The third-order valence-corrected chi connectivity index (χ3v) is 3.41. The minimum Gasteiger partial charge on any atom is -0.479 e. The van der Waals surface area contributed by atoms with Crippen molar-refractivity contribution in [3.63, 3.8) is 0 Å². The Hall–Kier alpha value is -4.00. The third kappa shape index (κ3) is 5.50. The highest BCUT2D eigenvalue weighted by atomic mass is 19.1. The van der Waals surface area contributed by atoms with Gasteiger partial charge < -0.3 is 14.8 Å². The topological polar surface area (TPSA) is 132 Å². The van der Waals surface area contributed by atoms with Crippen LogP contribution in [0.5, 0.6) is 5.75 Å². The molecule has 1 atom stereocenters. The van der Waals surface area contributed by atoms with Gasteiger partial charge in [-0.2, -0.15) is 5.26 Å². The van der Waals surface area contributed by atoms with Gasteiger partial charge in [-0.05, 0) is 37.3 Å². The molecule has 0 aromatic heterocycles. The van der Waals surface area contributed by atoms with Gasteiger partial charge in [0.05, 0.1) is 16.2 Å². The number of hydrogen-bond acceptors (Lipinski definition) is 7. The van der Waals surface area contributed by atoms with E-state index in [1.165, 1.54) is 25.1 Å². The smallest absolute Gasteiger partial charge is 0.347 e. The third-order valence-electron chi connectivity index (χ3n) is 3.41. The molecule has 10 heteroatoms. The molecule has 9 nitrogen and oxygen atoms in total. The largest absolute Gasteiger partial charge is 0.479 e. The Labute approximate surface area is 158 Å². The first kappa shape index (κ1) is 20.3. The van der Waals surface area contributed by atoms with Crippen LogP contribution in [-0.4, -0.2) is 29.5 Å². The average molecular weight is 387 g/mol. The van der Waals surface area contributed by atoms with Gasteiger partial charge in [-0.15, -0.1) is 0 Å². The van der Waals surface area contributed by atoms with E-state index in [1.807, 2.05) is 0 Å². The van der Waals surface area contributed by atoms with Gasteiger partial charge in [-0.25, -0.2) is 9.18 Å². The highest BCUT2D eigenvalue weighted by Crippen LogP contribution is 2.21. The summed E-state index contributed by atoms with van der Waals surface area (Å²) in [5.41, 5.74) is -0.362.